The molecular formula is C18H15ClN2O4S2. The van der Waals surface area contributed by atoms with E-state index < -0.39 is 10.0 Å². The average molecular weight is 423 g/mol. The van der Waals surface area contributed by atoms with E-state index >= 15 is 0 Å². The molecule has 0 N–H and O–H groups in total. The van der Waals surface area contributed by atoms with E-state index in [1.807, 2.05) is 17.5 Å². The lowest BCUT2D eigenvalue weighted by Crippen LogP contribution is -2.55. The molecule has 0 radical (unpaired) electrons. The van der Waals surface area contributed by atoms with E-state index in [0.29, 0.717) is 34.8 Å². The quantitative estimate of drug-likeness (QED) is 0.599. The summed E-state index contributed by atoms with van der Waals surface area (Å²) in [6, 6.07) is 13.4. The summed E-state index contributed by atoms with van der Waals surface area (Å²) in [6.07, 6.45) is 1.48. The van der Waals surface area contributed by atoms with Gasteiger partial charge in [0.1, 0.15) is 17.6 Å². The molecule has 1 aliphatic rings. The van der Waals surface area contributed by atoms with Crippen LogP contribution in [0.1, 0.15) is 0 Å². The third-order valence-corrected chi connectivity index (χ3v) is 6.84. The molecule has 0 bridgehead atoms. The number of hydrogen-bond acceptors (Lipinski definition) is 6. The fourth-order valence-electron chi connectivity index (χ4n) is 2.57. The van der Waals surface area contributed by atoms with Crippen molar-refractivity contribution in [2.75, 3.05) is 13.1 Å². The Bertz CT molecular complexity index is 1020. The number of nitrogens with zero attached hydrogens (tertiary/aromatic N) is 2. The van der Waals surface area contributed by atoms with Crippen molar-refractivity contribution >= 4 is 33.0 Å². The van der Waals surface area contributed by atoms with Gasteiger partial charge in [0.05, 0.1) is 23.0 Å². The number of benzene rings is 2. The maximum absolute atomic E-state index is 12.7. The highest BCUT2D eigenvalue weighted by atomic mass is 35.5. The van der Waals surface area contributed by atoms with Gasteiger partial charge in [0.2, 0.25) is 10.0 Å². The number of halogens is 1. The summed E-state index contributed by atoms with van der Waals surface area (Å²) in [5, 5.41) is 2.86. The fraction of sp³-hybridized carbons (Fsp3) is 0.167. The summed E-state index contributed by atoms with van der Waals surface area (Å²) >= 11 is 7.45. The molecule has 140 valence electrons. The van der Waals surface area contributed by atoms with Crippen LogP contribution in [0.3, 0.4) is 0 Å². The number of para-hydroxylation sites is 1. The molecular weight excluding hydrogens is 408 g/mol. The lowest BCUT2D eigenvalue weighted by Gasteiger charge is -2.37. The zero-order valence-electron chi connectivity index (χ0n) is 14.0. The maximum Gasteiger partial charge on any atom is 0.273 e. The molecule has 0 aliphatic carbocycles. The topological polar surface area (TPSA) is 68.7 Å². The van der Waals surface area contributed by atoms with E-state index in [1.165, 1.54) is 27.8 Å². The largest absolute Gasteiger partial charge is 0.464 e. The molecule has 1 fully saturated rings. The molecule has 3 aromatic rings. The summed E-state index contributed by atoms with van der Waals surface area (Å²) < 4.78 is 38.1. The standard InChI is InChI=1S/C18H15ClN2O4S2/c19-16-3-1-2-4-17(16)24-13-5-7-15(8-6-13)27(22,23)21-11-14(12-21)25-18-20-9-10-26-18/h1-10,14H,11-12H2. The molecule has 1 aromatic heterocycles. The molecule has 2 aromatic carbocycles. The lowest BCUT2D eigenvalue weighted by molar-refractivity contribution is 0.0759. The zero-order valence-corrected chi connectivity index (χ0v) is 16.4. The Kier molecular flexibility index (Phi) is 5.05. The maximum atomic E-state index is 12.7. The van der Waals surface area contributed by atoms with Crippen LogP contribution in [-0.2, 0) is 10.0 Å². The summed E-state index contributed by atoms with van der Waals surface area (Å²) in [6.45, 7) is 0.611. The van der Waals surface area contributed by atoms with E-state index in [-0.39, 0.29) is 11.0 Å². The van der Waals surface area contributed by atoms with Crippen LogP contribution in [-0.4, -0.2) is 36.9 Å². The van der Waals surface area contributed by atoms with E-state index in [4.69, 9.17) is 21.1 Å². The van der Waals surface area contributed by atoms with Crippen molar-refractivity contribution in [2.45, 2.75) is 11.0 Å². The van der Waals surface area contributed by atoms with Gasteiger partial charge in [-0.3, -0.25) is 0 Å². The molecule has 0 unspecified atom stereocenters. The number of hydrogen-bond donors (Lipinski definition) is 0. The van der Waals surface area contributed by atoms with E-state index in [0.717, 1.165) is 0 Å². The molecule has 0 atom stereocenters. The number of thiazole rings is 1. The minimum atomic E-state index is -3.56. The van der Waals surface area contributed by atoms with Gasteiger partial charge in [0, 0.05) is 11.6 Å². The van der Waals surface area contributed by atoms with Crippen molar-refractivity contribution in [3.8, 4) is 16.7 Å². The van der Waals surface area contributed by atoms with Crippen LogP contribution in [0.15, 0.2) is 65.0 Å². The van der Waals surface area contributed by atoms with Crippen molar-refractivity contribution in [2.24, 2.45) is 0 Å². The number of ether oxygens (including phenoxy) is 2. The van der Waals surface area contributed by atoms with Crippen molar-refractivity contribution in [1.82, 2.24) is 9.29 Å². The van der Waals surface area contributed by atoms with Gasteiger partial charge in [-0.1, -0.05) is 35.1 Å². The normalized spacial score (nSPS) is 15.3. The third kappa shape index (κ3) is 3.93. The first-order valence-corrected chi connectivity index (χ1v) is 10.8. The first kappa shape index (κ1) is 18.2. The van der Waals surface area contributed by atoms with Gasteiger partial charge in [-0.2, -0.15) is 4.31 Å². The van der Waals surface area contributed by atoms with Gasteiger partial charge in [-0.15, -0.1) is 0 Å². The molecule has 9 heteroatoms. The summed E-state index contributed by atoms with van der Waals surface area (Å²) in [4.78, 5) is 4.25. The average Bonchev–Trinajstić information content (AvgIpc) is 3.13. The van der Waals surface area contributed by atoms with E-state index in [2.05, 4.69) is 4.98 Å². The van der Waals surface area contributed by atoms with Gasteiger partial charge in [-0.25, -0.2) is 13.4 Å². The van der Waals surface area contributed by atoms with E-state index in [1.54, 1.807) is 30.5 Å². The molecule has 6 nitrogen and oxygen atoms in total. The monoisotopic (exact) mass is 422 g/mol. The Hall–Kier alpha value is -2.13. The summed E-state index contributed by atoms with van der Waals surface area (Å²) in [7, 11) is -3.56. The van der Waals surface area contributed by atoms with Gasteiger partial charge in [-0.05, 0) is 36.4 Å². The second kappa shape index (κ2) is 7.47. The van der Waals surface area contributed by atoms with Gasteiger partial charge >= 0.3 is 0 Å². The number of rotatable bonds is 6. The minimum Gasteiger partial charge on any atom is -0.464 e. The second-order valence-electron chi connectivity index (χ2n) is 5.86. The molecule has 1 aliphatic heterocycles. The molecule has 2 heterocycles. The Morgan fingerprint density at radius 3 is 2.52 bits per heavy atom. The highest BCUT2D eigenvalue weighted by Crippen LogP contribution is 2.30. The van der Waals surface area contributed by atoms with Gasteiger partial charge in [0.25, 0.3) is 5.19 Å². The minimum absolute atomic E-state index is 0.172. The summed E-state index contributed by atoms with van der Waals surface area (Å²) in [5.41, 5.74) is 0. The predicted octanol–water partition coefficient (Wildman–Crippen LogP) is 4.04. The number of sulfonamides is 1. The summed E-state index contributed by atoms with van der Waals surface area (Å²) in [5.74, 6) is 1.02. The van der Waals surface area contributed by atoms with Crippen molar-refractivity contribution in [3.05, 3.63) is 65.1 Å². The van der Waals surface area contributed by atoms with Crippen molar-refractivity contribution < 1.29 is 17.9 Å². The van der Waals surface area contributed by atoms with Crippen LogP contribution >= 0.6 is 22.9 Å². The Morgan fingerprint density at radius 1 is 1.11 bits per heavy atom. The van der Waals surface area contributed by atoms with Crippen LogP contribution in [0.4, 0.5) is 0 Å². The first-order chi connectivity index (χ1) is 13.0. The highest BCUT2D eigenvalue weighted by molar-refractivity contribution is 7.89. The zero-order chi connectivity index (χ0) is 18.9. The molecule has 0 spiro atoms. The van der Waals surface area contributed by atoms with Crippen LogP contribution < -0.4 is 9.47 Å². The van der Waals surface area contributed by atoms with Crippen molar-refractivity contribution in [3.63, 3.8) is 0 Å². The lowest BCUT2D eigenvalue weighted by atomic mass is 10.2. The second-order valence-corrected chi connectivity index (χ2v) is 9.07. The Labute approximate surface area is 166 Å². The molecule has 27 heavy (non-hydrogen) atoms. The van der Waals surface area contributed by atoms with Crippen LogP contribution in [0.25, 0.3) is 0 Å². The van der Waals surface area contributed by atoms with E-state index in [9.17, 15) is 8.42 Å². The van der Waals surface area contributed by atoms with Gasteiger partial charge in [0.15, 0.2) is 0 Å². The number of aromatic nitrogens is 1. The SMILES string of the molecule is O=S(=O)(c1ccc(Oc2ccccc2Cl)cc1)N1CC(Oc2nccs2)C1. The molecule has 4 rings (SSSR count). The van der Waals surface area contributed by atoms with Gasteiger partial charge < -0.3 is 9.47 Å². The van der Waals surface area contributed by atoms with Crippen LogP contribution in [0.5, 0.6) is 16.7 Å². The molecule has 0 amide bonds. The smallest absolute Gasteiger partial charge is 0.273 e. The fourth-order valence-corrected chi connectivity index (χ4v) is 4.79. The first-order valence-electron chi connectivity index (χ1n) is 8.11. The molecule has 0 saturated carbocycles. The Morgan fingerprint density at radius 2 is 1.85 bits per heavy atom. The van der Waals surface area contributed by atoms with Crippen LogP contribution in [0, 0.1) is 0 Å². The molecule has 1 saturated heterocycles. The van der Waals surface area contributed by atoms with Crippen LogP contribution in [0.2, 0.25) is 5.02 Å². The highest BCUT2D eigenvalue weighted by Gasteiger charge is 2.38. The predicted molar refractivity (Wildman–Crippen MR) is 103 cm³/mol. The Balaban J connectivity index is 1.40. The third-order valence-electron chi connectivity index (χ3n) is 4.02. The van der Waals surface area contributed by atoms with Crippen molar-refractivity contribution in [1.29, 1.82) is 0 Å².